The quantitative estimate of drug-likeness (QED) is 0.807. The van der Waals surface area contributed by atoms with Crippen molar-refractivity contribution in [2.45, 2.75) is 46.6 Å². The Labute approximate surface area is 112 Å². The molecule has 0 aliphatic heterocycles. The topological polar surface area (TPSA) is 29.3 Å². The standard InChI is InChI=1S/C16H28N2/c1-13(16(2,3)4)18(5)11-7-9-14-8-6-10-15(17)12-14/h6,8,10,12-13H,7,9,11,17H2,1-5H3. The molecule has 0 saturated heterocycles. The smallest absolute Gasteiger partial charge is 0.0316 e. The van der Waals surface area contributed by atoms with Gasteiger partial charge in [0, 0.05) is 11.7 Å². The van der Waals surface area contributed by atoms with Crippen molar-refractivity contribution in [1.29, 1.82) is 0 Å². The SMILES string of the molecule is CC(N(C)CCCc1cccc(N)c1)C(C)(C)C. The van der Waals surface area contributed by atoms with Crippen LogP contribution in [0.5, 0.6) is 0 Å². The predicted molar refractivity (Wildman–Crippen MR) is 80.7 cm³/mol. The van der Waals surface area contributed by atoms with Crippen molar-refractivity contribution >= 4 is 5.69 Å². The first-order valence-electron chi connectivity index (χ1n) is 6.85. The molecule has 0 spiro atoms. The summed E-state index contributed by atoms with van der Waals surface area (Å²) in [5.74, 6) is 0. The lowest BCUT2D eigenvalue weighted by molar-refractivity contribution is 0.140. The van der Waals surface area contributed by atoms with Crippen LogP contribution in [0.25, 0.3) is 0 Å². The number of hydrogen-bond donors (Lipinski definition) is 1. The van der Waals surface area contributed by atoms with Crippen molar-refractivity contribution < 1.29 is 0 Å². The molecule has 1 aromatic carbocycles. The Bertz CT molecular complexity index is 366. The average Bonchev–Trinajstić information content (AvgIpc) is 2.26. The van der Waals surface area contributed by atoms with Crippen molar-refractivity contribution in [2.75, 3.05) is 19.3 Å². The van der Waals surface area contributed by atoms with Gasteiger partial charge in [0.25, 0.3) is 0 Å². The first kappa shape index (κ1) is 15.0. The van der Waals surface area contributed by atoms with Crippen LogP contribution in [0.2, 0.25) is 0 Å². The number of benzene rings is 1. The second kappa shape index (κ2) is 6.24. The highest BCUT2D eigenvalue weighted by Crippen LogP contribution is 2.23. The summed E-state index contributed by atoms with van der Waals surface area (Å²) in [5, 5.41) is 0. The van der Waals surface area contributed by atoms with Gasteiger partial charge in [0.1, 0.15) is 0 Å². The second-order valence-corrected chi connectivity index (χ2v) is 6.37. The van der Waals surface area contributed by atoms with E-state index in [1.807, 2.05) is 12.1 Å². The van der Waals surface area contributed by atoms with Crippen LogP contribution >= 0.6 is 0 Å². The van der Waals surface area contributed by atoms with Gasteiger partial charge >= 0.3 is 0 Å². The van der Waals surface area contributed by atoms with E-state index in [1.54, 1.807) is 0 Å². The molecule has 0 fully saturated rings. The fourth-order valence-corrected chi connectivity index (χ4v) is 2.14. The van der Waals surface area contributed by atoms with E-state index in [2.05, 4.69) is 51.8 Å². The molecular formula is C16H28N2. The normalized spacial score (nSPS) is 13.9. The Morgan fingerprint density at radius 3 is 2.50 bits per heavy atom. The zero-order chi connectivity index (χ0) is 13.8. The van der Waals surface area contributed by atoms with E-state index < -0.39 is 0 Å². The average molecular weight is 248 g/mol. The third-order valence-electron chi connectivity index (χ3n) is 3.84. The van der Waals surface area contributed by atoms with Gasteiger partial charge in [-0.25, -0.2) is 0 Å². The zero-order valence-corrected chi connectivity index (χ0v) is 12.5. The maximum absolute atomic E-state index is 5.79. The number of aryl methyl sites for hydroxylation is 1. The predicted octanol–water partition coefficient (Wildman–Crippen LogP) is 3.57. The maximum Gasteiger partial charge on any atom is 0.0316 e. The minimum Gasteiger partial charge on any atom is -0.399 e. The van der Waals surface area contributed by atoms with Crippen LogP contribution in [0, 0.1) is 5.41 Å². The number of nitrogens with zero attached hydrogens (tertiary/aromatic N) is 1. The van der Waals surface area contributed by atoms with Crippen molar-refractivity contribution in [2.24, 2.45) is 5.41 Å². The minimum atomic E-state index is 0.339. The third kappa shape index (κ3) is 4.69. The summed E-state index contributed by atoms with van der Waals surface area (Å²) in [6.07, 6.45) is 2.28. The van der Waals surface area contributed by atoms with E-state index >= 15 is 0 Å². The molecule has 0 saturated carbocycles. The maximum atomic E-state index is 5.79. The molecule has 0 aliphatic rings. The Kier molecular flexibility index (Phi) is 5.21. The molecule has 0 amide bonds. The molecule has 1 aromatic rings. The van der Waals surface area contributed by atoms with Gasteiger partial charge in [-0.2, -0.15) is 0 Å². The van der Waals surface area contributed by atoms with Crippen LogP contribution in [0.15, 0.2) is 24.3 Å². The Hall–Kier alpha value is -1.02. The molecule has 18 heavy (non-hydrogen) atoms. The second-order valence-electron chi connectivity index (χ2n) is 6.37. The fourth-order valence-electron chi connectivity index (χ4n) is 2.14. The monoisotopic (exact) mass is 248 g/mol. The highest BCUT2D eigenvalue weighted by Gasteiger charge is 2.23. The van der Waals surface area contributed by atoms with Crippen molar-refractivity contribution in [3.63, 3.8) is 0 Å². The molecule has 0 heterocycles. The van der Waals surface area contributed by atoms with Crippen LogP contribution in [-0.2, 0) is 6.42 Å². The zero-order valence-electron chi connectivity index (χ0n) is 12.5. The number of rotatable bonds is 5. The molecule has 2 heteroatoms. The molecular weight excluding hydrogens is 220 g/mol. The van der Waals surface area contributed by atoms with E-state index in [1.165, 1.54) is 12.0 Å². The van der Waals surface area contributed by atoms with Crippen molar-refractivity contribution in [3.05, 3.63) is 29.8 Å². The van der Waals surface area contributed by atoms with Gasteiger partial charge in [-0.3, -0.25) is 0 Å². The lowest BCUT2D eigenvalue weighted by Crippen LogP contribution is -2.39. The van der Waals surface area contributed by atoms with E-state index in [9.17, 15) is 0 Å². The van der Waals surface area contributed by atoms with E-state index in [0.717, 1.165) is 18.7 Å². The van der Waals surface area contributed by atoms with Crippen LogP contribution < -0.4 is 5.73 Å². The minimum absolute atomic E-state index is 0.339. The van der Waals surface area contributed by atoms with Crippen LogP contribution in [0.3, 0.4) is 0 Å². The lowest BCUT2D eigenvalue weighted by Gasteiger charge is -2.35. The van der Waals surface area contributed by atoms with Gasteiger partial charge < -0.3 is 10.6 Å². The van der Waals surface area contributed by atoms with Crippen LogP contribution in [-0.4, -0.2) is 24.5 Å². The molecule has 0 bridgehead atoms. The van der Waals surface area contributed by atoms with Gasteiger partial charge in [0.2, 0.25) is 0 Å². The molecule has 1 atom stereocenters. The summed E-state index contributed by atoms with van der Waals surface area (Å²) in [7, 11) is 2.22. The summed E-state index contributed by atoms with van der Waals surface area (Å²) in [5.41, 5.74) is 8.33. The highest BCUT2D eigenvalue weighted by molar-refractivity contribution is 5.40. The van der Waals surface area contributed by atoms with Gasteiger partial charge in [-0.15, -0.1) is 0 Å². The van der Waals surface area contributed by atoms with Gasteiger partial charge in [-0.05, 0) is 56.5 Å². The van der Waals surface area contributed by atoms with E-state index in [-0.39, 0.29) is 0 Å². The summed E-state index contributed by atoms with van der Waals surface area (Å²) in [6.45, 7) is 10.3. The Morgan fingerprint density at radius 1 is 1.28 bits per heavy atom. The largest absolute Gasteiger partial charge is 0.399 e. The molecule has 2 N–H and O–H groups in total. The first-order valence-corrected chi connectivity index (χ1v) is 6.85. The lowest BCUT2D eigenvalue weighted by atomic mass is 9.87. The van der Waals surface area contributed by atoms with Gasteiger partial charge in [-0.1, -0.05) is 32.9 Å². The number of hydrogen-bond acceptors (Lipinski definition) is 2. The van der Waals surface area contributed by atoms with Gasteiger partial charge in [0.15, 0.2) is 0 Å². The first-order chi connectivity index (χ1) is 8.30. The Morgan fingerprint density at radius 2 is 1.94 bits per heavy atom. The molecule has 0 radical (unpaired) electrons. The Balaban J connectivity index is 2.38. The molecule has 0 aliphatic carbocycles. The van der Waals surface area contributed by atoms with Crippen molar-refractivity contribution in [1.82, 2.24) is 4.90 Å². The highest BCUT2D eigenvalue weighted by atomic mass is 15.1. The summed E-state index contributed by atoms with van der Waals surface area (Å²) < 4.78 is 0. The molecule has 1 rings (SSSR count). The summed E-state index contributed by atoms with van der Waals surface area (Å²) in [4.78, 5) is 2.45. The molecule has 2 nitrogen and oxygen atoms in total. The van der Waals surface area contributed by atoms with E-state index in [0.29, 0.717) is 11.5 Å². The summed E-state index contributed by atoms with van der Waals surface area (Å²) in [6, 6.07) is 8.80. The van der Waals surface area contributed by atoms with Crippen LogP contribution in [0.1, 0.15) is 39.7 Å². The number of anilines is 1. The molecule has 0 aromatic heterocycles. The van der Waals surface area contributed by atoms with Crippen molar-refractivity contribution in [3.8, 4) is 0 Å². The molecule has 1 unspecified atom stereocenters. The van der Waals surface area contributed by atoms with Gasteiger partial charge in [0.05, 0.1) is 0 Å². The van der Waals surface area contributed by atoms with E-state index in [4.69, 9.17) is 5.73 Å². The molecule has 102 valence electrons. The summed E-state index contributed by atoms with van der Waals surface area (Å²) >= 11 is 0. The van der Waals surface area contributed by atoms with Crippen LogP contribution in [0.4, 0.5) is 5.69 Å². The number of nitrogens with two attached hydrogens (primary N) is 1. The third-order valence-corrected chi connectivity index (χ3v) is 3.84. The fraction of sp³-hybridized carbons (Fsp3) is 0.625. The number of nitrogen functional groups attached to an aromatic ring is 1.